The van der Waals surface area contributed by atoms with Crippen LogP contribution in [0.5, 0.6) is 5.75 Å². The van der Waals surface area contributed by atoms with Crippen LogP contribution in [0.3, 0.4) is 0 Å². The minimum Gasteiger partial charge on any atom is -0.492 e. The lowest BCUT2D eigenvalue weighted by molar-refractivity contribution is -0.142. The van der Waals surface area contributed by atoms with Crippen LogP contribution >= 0.6 is 11.6 Å². The van der Waals surface area contributed by atoms with Crippen LogP contribution in [0, 0.1) is 0 Å². The Morgan fingerprint density at radius 2 is 2.12 bits per heavy atom. The number of carbonyl (C=O) groups excluding carboxylic acids is 1. The topological polar surface area (TPSA) is 35.5 Å². The van der Waals surface area contributed by atoms with E-state index in [0.29, 0.717) is 24.0 Å². The molecule has 3 nitrogen and oxygen atoms in total. The van der Waals surface area contributed by atoms with Gasteiger partial charge in [-0.25, -0.2) is 0 Å². The third-order valence-corrected chi connectivity index (χ3v) is 2.41. The van der Waals surface area contributed by atoms with Crippen molar-refractivity contribution in [1.29, 1.82) is 0 Å². The van der Waals surface area contributed by atoms with Gasteiger partial charge in [0.05, 0.1) is 24.7 Å². The van der Waals surface area contributed by atoms with E-state index in [9.17, 15) is 4.79 Å². The molecule has 0 N–H and O–H groups in total. The maximum atomic E-state index is 11.3. The van der Waals surface area contributed by atoms with E-state index in [1.54, 1.807) is 19.1 Å². The number of benzene rings is 1. The minimum absolute atomic E-state index is 0.238. The van der Waals surface area contributed by atoms with E-state index in [1.165, 1.54) is 0 Å². The number of hydrogen-bond donors (Lipinski definition) is 0. The molecule has 0 atom stereocenters. The Balaban J connectivity index is 2.64. The van der Waals surface area contributed by atoms with Gasteiger partial charge >= 0.3 is 5.97 Å². The summed E-state index contributed by atoms with van der Waals surface area (Å²) in [4.78, 5) is 11.3. The van der Waals surface area contributed by atoms with Crippen LogP contribution in [0.25, 0.3) is 0 Å². The highest BCUT2D eigenvalue weighted by Crippen LogP contribution is 2.25. The van der Waals surface area contributed by atoms with E-state index in [4.69, 9.17) is 21.1 Å². The predicted octanol–water partition coefficient (Wildman–Crippen LogP) is 3.23. The third-order valence-electron chi connectivity index (χ3n) is 2.11. The van der Waals surface area contributed by atoms with Crippen LogP contribution in [0.4, 0.5) is 0 Å². The van der Waals surface area contributed by atoms with Gasteiger partial charge in [-0.05, 0) is 31.0 Å². The lowest BCUT2D eigenvalue weighted by atomic mass is 10.1. The maximum absolute atomic E-state index is 11.3. The molecule has 0 spiro atoms. The second-order valence-corrected chi connectivity index (χ2v) is 4.00. The summed E-state index contributed by atoms with van der Waals surface area (Å²) in [6.07, 6.45) is 1.17. The monoisotopic (exact) mass is 256 g/mol. The molecule has 0 aliphatic rings. The first-order valence-electron chi connectivity index (χ1n) is 5.74. The molecule has 1 aromatic rings. The second-order valence-electron chi connectivity index (χ2n) is 3.60. The molecule has 0 aliphatic carbocycles. The van der Waals surface area contributed by atoms with E-state index < -0.39 is 0 Å². The molecule has 0 saturated heterocycles. The predicted molar refractivity (Wildman–Crippen MR) is 67.6 cm³/mol. The fourth-order valence-electron chi connectivity index (χ4n) is 1.36. The van der Waals surface area contributed by atoms with Crippen LogP contribution in [0.2, 0.25) is 5.02 Å². The van der Waals surface area contributed by atoms with Crippen LogP contribution < -0.4 is 4.74 Å². The molecular formula is C13H17ClO3. The van der Waals surface area contributed by atoms with Gasteiger partial charge in [-0.3, -0.25) is 4.79 Å². The summed E-state index contributed by atoms with van der Waals surface area (Å²) in [7, 11) is 0. The first-order chi connectivity index (χ1) is 8.17. The molecule has 0 unspecified atom stereocenters. The highest BCUT2D eigenvalue weighted by Gasteiger charge is 2.07. The molecule has 0 radical (unpaired) electrons. The van der Waals surface area contributed by atoms with E-state index in [1.807, 2.05) is 13.0 Å². The Kier molecular flexibility index (Phi) is 5.84. The second kappa shape index (κ2) is 7.17. The highest BCUT2D eigenvalue weighted by molar-refractivity contribution is 6.32. The van der Waals surface area contributed by atoms with Gasteiger partial charge in [0, 0.05) is 0 Å². The van der Waals surface area contributed by atoms with Crippen LogP contribution in [-0.4, -0.2) is 19.2 Å². The van der Waals surface area contributed by atoms with Gasteiger partial charge in [0.1, 0.15) is 5.75 Å². The molecule has 17 heavy (non-hydrogen) atoms. The number of hydrogen-bond acceptors (Lipinski definition) is 3. The fourth-order valence-corrected chi connectivity index (χ4v) is 1.62. The first kappa shape index (κ1) is 13.8. The van der Waals surface area contributed by atoms with Crippen molar-refractivity contribution in [2.45, 2.75) is 26.7 Å². The zero-order valence-electron chi connectivity index (χ0n) is 10.2. The van der Waals surface area contributed by atoms with E-state index in [0.717, 1.165) is 12.0 Å². The number of halogens is 1. The Morgan fingerprint density at radius 1 is 1.35 bits per heavy atom. The standard InChI is InChI=1S/C13H17ClO3/c1-3-7-17-12-6-5-10(8-11(12)14)9-13(15)16-4-2/h5-6,8H,3-4,7,9H2,1-2H3. The zero-order valence-corrected chi connectivity index (χ0v) is 10.9. The van der Waals surface area contributed by atoms with Gasteiger partial charge in [-0.2, -0.15) is 0 Å². The summed E-state index contributed by atoms with van der Waals surface area (Å²) in [6, 6.07) is 5.35. The van der Waals surface area contributed by atoms with Crippen molar-refractivity contribution in [3.63, 3.8) is 0 Å². The smallest absolute Gasteiger partial charge is 0.310 e. The van der Waals surface area contributed by atoms with Gasteiger partial charge in [0.15, 0.2) is 0 Å². The summed E-state index contributed by atoms with van der Waals surface area (Å²) in [6.45, 7) is 4.84. The molecular weight excluding hydrogens is 240 g/mol. The van der Waals surface area contributed by atoms with Gasteiger partial charge in [0.2, 0.25) is 0 Å². The zero-order chi connectivity index (χ0) is 12.7. The van der Waals surface area contributed by atoms with Gasteiger partial charge in [-0.1, -0.05) is 24.6 Å². The lowest BCUT2D eigenvalue weighted by Gasteiger charge is -2.08. The van der Waals surface area contributed by atoms with Crippen LogP contribution in [0.1, 0.15) is 25.8 Å². The Hall–Kier alpha value is -1.22. The molecule has 1 aromatic carbocycles. The Morgan fingerprint density at radius 3 is 2.71 bits per heavy atom. The normalized spacial score (nSPS) is 10.1. The Labute approximate surface area is 107 Å². The summed E-state index contributed by atoms with van der Waals surface area (Å²) < 4.78 is 10.3. The van der Waals surface area contributed by atoms with Crippen LogP contribution in [0.15, 0.2) is 18.2 Å². The third kappa shape index (κ3) is 4.65. The molecule has 94 valence electrons. The lowest BCUT2D eigenvalue weighted by Crippen LogP contribution is -2.07. The van der Waals surface area contributed by atoms with E-state index in [-0.39, 0.29) is 12.4 Å². The first-order valence-corrected chi connectivity index (χ1v) is 6.12. The molecule has 0 heterocycles. The molecule has 0 fully saturated rings. The summed E-state index contributed by atoms with van der Waals surface area (Å²) in [5, 5.41) is 0.528. The molecule has 0 aromatic heterocycles. The van der Waals surface area contributed by atoms with Gasteiger partial charge < -0.3 is 9.47 Å². The summed E-state index contributed by atoms with van der Waals surface area (Å²) in [5.74, 6) is 0.409. The number of rotatable bonds is 6. The molecule has 0 aliphatic heterocycles. The van der Waals surface area contributed by atoms with E-state index >= 15 is 0 Å². The van der Waals surface area contributed by atoms with Crippen molar-refractivity contribution in [2.75, 3.05) is 13.2 Å². The van der Waals surface area contributed by atoms with Crippen molar-refractivity contribution in [1.82, 2.24) is 0 Å². The number of carbonyl (C=O) groups is 1. The quantitative estimate of drug-likeness (QED) is 0.733. The fraction of sp³-hybridized carbons (Fsp3) is 0.462. The highest BCUT2D eigenvalue weighted by atomic mass is 35.5. The maximum Gasteiger partial charge on any atom is 0.310 e. The molecule has 0 bridgehead atoms. The largest absolute Gasteiger partial charge is 0.492 e. The van der Waals surface area contributed by atoms with Crippen molar-refractivity contribution >= 4 is 17.6 Å². The molecule has 0 amide bonds. The molecule has 0 saturated carbocycles. The number of ether oxygens (including phenoxy) is 2. The average Bonchev–Trinajstić information content (AvgIpc) is 2.28. The molecule has 1 rings (SSSR count). The van der Waals surface area contributed by atoms with Crippen LogP contribution in [-0.2, 0) is 16.0 Å². The van der Waals surface area contributed by atoms with Gasteiger partial charge in [0.25, 0.3) is 0 Å². The SMILES string of the molecule is CCCOc1ccc(CC(=O)OCC)cc1Cl. The van der Waals surface area contributed by atoms with Crippen molar-refractivity contribution < 1.29 is 14.3 Å². The van der Waals surface area contributed by atoms with E-state index in [2.05, 4.69) is 0 Å². The van der Waals surface area contributed by atoms with Crippen molar-refractivity contribution in [3.05, 3.63) is 28.8 Å². The summed E-state index contributed by atoms with van der Waals surface area (Å²) in [5.41, 5.74) is 0.831. The summed E-state index contributed by atoms with van der Waals surface area (Å²) >= 11 is 6.05. The number of esters is 1. The Bertz CT molecular complexity index is 377. The van der Waals surface area contributed by atoms with Crippen molar-refractivity contribution in [3.8, 4) is 5.75 Å². The van der Waals surface area contributed by atoms with Gasteiger partial charge in [-0.15, -0.1) is 0 Å². The average molecular weight is 257 g/mol. The minimum atomic E-state index is -0.245. The molecule has 4 heteroatoms. The van der Waals surface area contributed by atoms with Crippen molar-refractivity contribution in [2.24, 2.45) is 0 Å².